The van der Waals surface area contributed by atoms with E-state index in [1.165, 1.54) is 0 Å². The monoisotopic (exact) mass is 369 g/mol. The van der Waals surface area contributed by atoms with E-state index in [0.717, 1.165) is 28.0 Å². The van der Waals surface area contributed by atoms with Gasteiger partial charge in [-0.3, -0.25) is 0 Å². The predicted molar refractivity (Wildman–Crippen MR) is 109 cm³/mol. The van der Waals surface area contributed by atoms with Gasteiger partial charge in [-0.15, -0.1) is 0 Å². The van der Waals surface area contributed by atoms with Crippen LogP contribution in [0, 0.1) is 6.92 Å². The lowest BCUT2D eigenvalue weighted by Gasteiger charge is -2.07. The van der Waals surface area contributed by atoms with Gasteiger partial charge in [-0.2, -0.15) is 0 Å². The molecule has 4 heteroatoms. The molecule has 1 heterocycles. The van der Waals surface area contributed by atoms with Crippen LogP contribution in [0.2, 0.25) is 0 Å². The van der Waals surface area contributed by atoms with Crippen LogP contribution < -0.4 is 4.74 Å². The maximum Gasteiger partial charge on any atom is 0.363 e. The molecule has 3 aromatic rings. The van der Waals surface area contributed by atoms with Gasteiger partial charge in [0.05, 0.1) is 0 Å². The zero-order valence-electron chi connectivity index (χ0n) is 15.5. The Kier molecular flexibility index (Phi) is 5.02. The fourth-order valence-corrected chi connectivity index (χ4v) is 2.82. The van der Waals surface area contributed by atoms with Gasteiger partial charge in [-0.05, 0) is 48.4 Å². The van der Waals surface area contributed by atoms with E-state index in [1.54, 1.807) is 6.08 Å². The molecule has 138 valence electrons. The van der Waals surface area contributed by atoms with Crippen LogP contribution in [0.3, 0.4) is 0 Å². The molecule has 1 aliphatic heterocycles. The SMILES string of the molecule is Cc1ccc(C2=NC(=Cc3cccc(OCc4ccccc4)c3)C(=O)O2)cc1. The Morgan fingerprint density at radius 3 is 2.54 bits per heavy atom. The zero-order chi connectivity index (χ0) is 19.3. The smallest absolute Gasteiger partial charge is 0.363 e. The minimum atomic E-state index is -0.453. The number of ether oxygens (including phenoxy) is 2. The van der Waals surface area contributed by atoms with Crippen LogP contribution in [0.4, 0.5) is 0 Å². The minimum absolute atomic E-state index is 0.274. The normalized spacial score (nSPS) is 14.7. The van der Waals surface area contributed by atoms with E-state index in [9.17, 15) is 4.79 Å². The lowest BCUT2D eigenvalue weighted by Crippen LogP contribution is -2.05. The molecule has 0 bridgehead atoms. The fourth-order valence-electron chi connectivity index (χ4n) is 2.82. The highest BCUT2D eigenvalue weighted by Gasteiger charge is 2.24. The summed E-state index contributed by atoms with van der Waals surface area (Å²) in [6.07, 6.45) is 1.71. The summed E-state index contributed by atoms with van der Waals surface area (Å²) in [5.74, 6) is 0.603. The highest BCUT2D eigenvalue weighted by Crippen LogP contribution is 2.22. The van der Waals surface area contributed by atoms with Crippen LogP contribution in [0.25, 0.3) is 6.08 Å². The lowest BCUT2D eigenvalue weighted by molar-refractivity contribution is -0.129. The number of hydrogen-bond acceptors (Lipinski definition) is 4. The fraction of sp³-hybridized carbons (Fsp3) is 0.0833. The first-order valence-electron chi connectivity index (χ1n) is 9.04. The summed E-state index contributed by atoms with van der Waals surface area (Å²) < 4.78 is 11.2. The van der Waals surface area contributed by atoms with Crippen molar-refractivity contribution >= 4 is 17.9 Å². The van der Waals surface area contributed by atoms with E-state index in [2.05, 4.69) is 4.99 Å². The van der Waals surface area contributed by atoms with Crippen molar-refractivity contribution in [2.24, 2.45) is 4.99 Å². The highest BCUT2D eigenvalue weighted by molar-refractivity contribution is 6.12. The molecular weight excluding hydrogens is 350 g/mol. The third-order valence-corrected chi connectivity index (χ3v) is 4.33. The number of rotatable bonds is 5. The number of cyclic esters (lactones) is 1. The summed E-state index contributed by atoms with van der Waals surface area (Å²) in [6, 6.07) is 25.2. The van der Waals surface area contributed by atoms with Crippen molar-refractivity contribution < 1.29 is 14.3 Å². The molecular formula is C24H19NO3. The largest absolute Gasteiger partial charge is 0.489 e. The van der Waals surface area contributed by atoms with E-state index in [4.69, 9.17) is 9.47 Å². The van der Waals surface area contributed by atoms with E-state index in [1.807, 2.05) is 85.8 Å². The van der Waals surface area contributed by atoms with Crippen LogP contribution in [-0.2, 0) is 16.1 Å². The van der Waals surface area contributed by atoms with E-state index >= 15 is 0 Å². The molecule has 4 nitrogen and oxygen atoms in total. The molecule has 0 saturated heterocycles. The molecule has 0 amide bonds. The number of aliphatic imine (C=N–C) groups is 1. The Morgan fingerprint density at radius 1 is 0.964 bits per heavy atom. The van der Waals surface area contributed by atoms with E-state index < -0.39 is 5.97 Å². The summed E-state index contributed by atoms with van der Waals surface area (Å²) in [7, 11) is 0. The van der Waals surface area contributed by atoms with E-state index in [0.29, 0.717) is 12.5 Å². The predicted octanol–water partition coefficient (Wildman–Crippen LogP) is 4.92. The molecule has 0 unspecified atom stereocenters. The van der Waals surface area contributed by atoms with Gasteiger partial charge in [-0.1, -0.05) is 60.2 Å². The second-order valence-corrected chi connectivity index (χ2v) is 6.55. The molecule has 4 rings (SSSR count). The van der Waals surface area contributed by atoms with Gasteiger partial charge in [0.25, 0.3) is 0 Å². The van der Waals surface area contributed by atoms with Crippen molar-refractivity contribution in [1.29, 1.82) is 0 Å². The third-order valence-electron chi connectivity index (χ3n) is 4.33. The first kappa shape index (κ1) is 17.7. The maximum atomic E-state index is 12.2. The molecule has 1 aliphatic rings. The number of aryl methyl sites for hydroxylation is 1. The van der Waals surface area contributed by atoms with Gasteiger partial charge in [-0.25, -0.2) is 9.79 Å². The average molecular weight is 369 g/mol. The summed E-state index contributed by atoms with van der Waals surface area (Å²) in [5, 5.41) is 0. The molecule has 28 heavy (non-hydrogen) atoms. The number of carbonyl (C=O) groups excluding carboxylic acids is 1. The summed E-state index contributed by atoms with van der Waals surface area (Å²) >= 11 is 0. The van der Waals surface area contributed by atoms with Gasteiger partial charge in [0.15, 0.2) is 5.70 Å². The first-order chi connectivity index (χ1) is 13.7. The van der Waals surface area contributed by atoms with Crippen molar-refractivity contribution in [2.75, 3.05) is 0 Å². The topological polar surface area (TPSA) is 47.9 Å². The molecule has 0 spiro atoms. The molecule has 0 radical (unpaired) electrons. The van der Waals surface area contributed by atoms with E-state index in [-0.39, 0.29) is 5.70 Å². The number of esters is 1. The number of hydrogen-bond donors (Lipinski definition) is 0. The summed E-state index contributed by atoms with van der Waals surface area (Å²) in [4.78, 5) is 16.5. The lowest BCUT2D eigenvalue weighted by atomic mass is 10.1. The molecule has 0 N–H and O–H groups in total. The molecule has 0 atom stereocenters. The molecule has 0 aromatic heterocycles. The van der Waals surface area contributed by atoms with Gasteiger partial charge in [0.1, 0.15) is 12.4 Å². The van der Waals surface area contributed by atoms with Crippen molar-refractivity contribution in [3.63, 3.8) is 0 Å². The average Bonchev–Trinajstić information content (AvgIpc) is 3.08. The quantitative estimate of drug-likeness (QED) is 0.474. The number of nitrogens with zero attached hydrogens (tertiary/aromatic N) is 1. The molecule has 0 saturated carbocycles. The van der Waals surface area contributed by atoms with Crippen molar-refractivity contribution in [3.05, 3.63) is 107 Å². The van der Waals surface area contributed by atoms with Crippen LogP contribution >= 0.6 is 0 Å². The summed E-state index contributed by atoms with van der Waals surface area (Å²) in [6.45, 7) is 2.49. The van der Waals surface area contributed by atoms with Crippen LogP contribution in [0.15, 0.2) is 89.6 Å². The van der Waals surface area contributed by atoms with Crippen LogP contribution in [0.5, 0.6) is 5.75 Å². The second kappa shape index (κ2) is 7.92. The Hall–Kier alpha value is -3.66. The summed E-state index contributed by atoms with van der Waals surface area (Å²) in [5.41, 5.74) is 4.11. The Balaban J connectivity index is 1.51. The van der Waals surface area contributed by atoms with Crippen molar-refractivity contribution in [3.8, 4) is 5.75 Å². The molecule has 0 fully saturated rings. The Bertz CT molecular complexity index is 1050. The van der Waals surface area contributed by atoms with Crippen LogP contribution in [-0.4, -0.2) is 11.9 Å². The maximum absolute atomic E-state index is 12.2. The minimum Gasteiger partial charge on any atom is -0.489 e. The van der Waals surface area contributed by atoms with Gasteiger partial charge in [0.2, 0.25) is 5.90 Å². The van der Waals surface area contributed by atoms with Crippen LogP contribution in [0.1, 0.15) is 22.3 Å². The standard InChI is InChI=1S/C24H19NO3/c1-17-10-12-20(13-11-17)23-25-22(24(26)28-23)15-19-8-5-9-21(14-19)27-16-18-6-3-2-4-7-18/h2-15H,16H2,1H3. The Morgan fingerprint density at radius 2 is 1.75 bits per heavy atom. The van der Waals surface area contributed by atoms with Crippen molar-refractivity contribution in [2.45, 2.75) is 13.5 Å². The zero-order valence-corrected chi connectivity index (χ0v) is 15.5. The van der Waals surface area contributed by atoms with Crippen molar-refractivity contribution in [1.82, 2.24) is 0 Å². The van der Waals surface area contributed by atoms with Gasteiger partial charge in [0, 0.05) is 5.56 Å². The highest BCUT2D eigenvalue weighted by atomic mass is 16.6. The third kappa shape index (κ3) is 4.18. The molecule has 0 aliphatic carbocycles. The number of benzene rings is 3. The number of carbonyl (C=O) groups is 1. The van der Waals surface area contributed by atoms with Gasteiger partial charge >= 0.3 is 5.97 Å². The van der Waals surface area contributed by atoms with Gasteiger partial charge < -0.3 is 9.47 Å². The molecule has 3 aromatic carbocycles. The first-order valence-corrected chi connectivity index (χ1v) is 9.04. The Labute approximate surface area is 163 Å². The second-order valence-electron chi connectivity index (χ2n) is 6.55.